The Kier molecular flexibility index (Phi) is 4.93. The van der Waals surface area contributed by atoms with Crippen LogP contribution in [0.25, 0.3) is 12.2 Å². The van der Waals surface area contributed by atoms with E-state index in [9.17, 15) is 0 Å². The molecule has 0 aliphatic rings. The Morgan fingerprint density at radius 3 is 1.27 bits per heavy atom. The van der Waals surface area contributed by atoms with Gasteiger partial charge in [-0.15, -0.1) is 0 Å². The second-order valence-electron chi connectivity index (χ2n) is 8.08. The Morgan fingerprint density at radius 2 is 0.955 bits per heavy atom. The molecule has 0 aromatic heterocycles. The van der Waals surface area contributed by atoms with E-state index in [1.165, 1.54) is 21.5 Å². The van der Waals surface area contributed by atoms with Crippen LogP contribution < -0.4 is 10.4 Å². The fourth-order valence-electron chi connectivity index (χ4n) is 2.41. The molecular weight excluding hydrogens is 296 g/mol. The van der Waals surface area contributed by atoms with Crippen molar-refractivity contribution < 1.29 is 0 Å². The Morgan fingerprint density at radius 1 is 0.591 bits per heavy atom. The standard InChI is InChI=1S/C20H28Si2/c1-21(2,3)19-11-7-9-17(15-19)13-14-18-10-8-12-20(16-18)22(4,5)6/h7-16H,1-6H3/b14-13+. The lowest BCUT2D eigenvalue weighted by Gasteiger charge is -2.17. The summed E-state index contributed by atoms with van der Waals surface area (Å²) in [6, 6.07) is 18.0. The van der Waals surface area contributed by atoms with E-state index < -0.39 is 16.1 Å². The zero-order valence-electron chi connectivity index (χ0n) is 14.8. The van der Waals surface area contributed by atoms with Crippen LogP contribution in [0.3, 0.4) is 0 Å². The SMILES string of the molecule is C[Si](C)(C)c1cccc(/C=C/c2cccc([Si](C)(C)C)c2)c1. The van der Waals surface area contributed by atoms with Crippen LogP contribution in [0.1, 0.15) is 11.1 Å². The van der Waals surface area contributed by atoms with Gasteiger partial charge in [-0.05, 0) is 11.1 Å². The third kappa shape index (κ3) is 4.55. The van der Waals surface area contributed by atoms with E-state index in [2.05, 4.69) is 100.0 Å². The average Bonchev–Trinajstić information content (AvgIpc) is 2.44. The molecule has 0 saturated carbocycles. The first kappa shape index (κ1) is 17.0. The summed E-state index contributed by atoms with van der Waals surface area (Å²) in [6.07, 6.45) is 4.49. The van der Waals surface area contributed by atoms with Crippen LogP contribution in [0.2, 0.25) is 39.3 Å². The maximum Gasteiger partial charge on any atom is 0.0776 e. The van der Waals surface area contributed by atoms with Gasteiger partial charge in [-0.3, -0.25) is 0 Å². The second kappa shape index (κ2) is 6.39. The third-order valence-corrected chi connectivity index (χ3v) is 8.06. The molecule has 0 amide bonds. The Hall–Kier alpha value is -1.39. The van der Waals surface area contributed by atoms with Gasteiger partial charge in [0.2, 0.25) is 0 Å². The molecule has 2 heteroatoms. The summed E-state index contributed by atoms with van der Waals surface area (Å²) in [6.45, 7) is 14.4. The number of rotatable bonds is 4. The molecule has 0 aliphatic heterocycles. The molecule has 0 heterocycles. The summed E-state index contributed by atoms with van der Waals surface area (Å²) in [7, 11) is -2.47. The Balaban J connectivity index is 2.26. The lowest BCUT2D eigenvalue weighted by Crippen LogP contribution is -2.37. The molecule has 2 aromatic carbocycles. The number of hydrogen-bond acceptors (Lipinski definition) is 0. The molecule has 0 saturated heterocycles. The van der Waals surface area contributed by atoms with Crippen LogP contribution in [0.15, 0.2) is 48.5 Å². The van der Waals surface area contributed by atoms with Crippen LogP contribution in [0, 0.1) is 0 Å². The van der Waals surface area contributed by atoms with E-state index in [0.29, 0.717) is 0 Å². The van der Waals surface area contributed by atoms with Crippen molar-refractivity contribution in [2.24, 2.45) is 0 Å². The molecule has 0 bridgehead atoms. The second-order valence-corrected chi connectivity index (χ2v) is 18.2. The van der Waals surface area contributed by atoms with Crippen LogP contribution in [-0.4, -0.2) is 16.1 Å². The highest BCUT2D eigenvalue weighted by molar-refractivity contribution is 6.89. The smallest absolute Gasteiger partial charge is 0.0656 e. The predicted octanol–water partition coefficient (Wildman–Crippen LogP) is 4.95. The van der Waals surface area contributed by atoms with E-state index in [1.807, 2.05) is 0 Å². The molecule has 0 radical (unpaired) electrons. The zero-order chi connectivity index (χ0) is 16.4. The minimum Gasteiger partial charge on any atom is -0.0656 e. The molecule has 0 fully saturated rings. The van der Waals surface area contributed by atoms with Crippen LogP contribution in [0.4, 0.5) is 0 Å². The van der Waals surface area contributed by atoms with Gasteiger partial charge in [0, 0.05) is 0 Å². The van der Waals surface area contributed by atoms with Gasteiger partial charge in [0.1, 0.15) is 0 Å². The normalized spacial score (nSPS) is 12.8. The molecule has 116 valence electrons. The van der Waals surface area contributed by atoms with Crippen molar-refractivity contribution in [2.45, 2.75) is 39.3 Å². The van der Waals surface area contributed by atoms with Gasteiger partial charge in [-0.1, -0.05) is 110 Å². The van der Waals surface area contributed by atoms with Gasteiger partial charge in [-0.2, -0.15) is 0 Å². The molecular formula is C20H28Si2. The Labute approximate surface area is 137 Å². The van der Waals surface area contributed by atoms with Crippen molar-refractivity contribution in [2.75, 3.05) is 0 Å². The first-order valence-corrected chi connectivity index (χ1v) is 15.1. The minimum atomic E-state index is -1.24. The Bertz CT molecular complexity index is 611. The van der Waals surface area contributed by atoms with E-state index in [0.717, 1.165) is 0 Å². The van der Waals surface area contributed by atoms with Gasteiger partial charge < -0.3 is 0 Å². The molecule has 0 nitrogen and oxygen atoms in total. The van der Waals surface area contributed by atoms with Gasteiger partial charge in [0.25, 0.3) is 0 Å². The first-order valence-electron chi connectivity index (χ1n) is 8.05. The lowest BCUT2D eigenvalue weighted by molar-refractivity contribution is 1.63. The van der Waals surface area contributed by atoms with E-state index in [1.54, 1.807) is 0 Å². The highest BCUT2D eigenvalue weighted by atomic mass is 28.3. The maximum absolute atomic E-state index is 2.40. The van der Waals surface area contributed by atoms with Crippen molar-refractivity contribution in [3.63, 3.8) is 0 Å². The van der Waals surface area contributed by atoms with Gasteiger partial charge in [0.05, 0.1) is 16.1 Å². The molecule has 0 unspecified atom stereocenters. The van der Waals surface area contributed by atoms with E-state index in [4.69, 9.17) is 0 Å². The monoisotopic (exact) mass is 324 g/mol. The summed E-state index contributed by atoms with van der Waals surface area (Å²) in [5.41, 5.74) is 2.61. The van der Waals surface area contributed by atoms with Crippen molar-refractivity contribution >= 4 is 38.7 Å². The summed E-state index contributed by atoms with van der Waals surface area (Å²) in [5, 5.41) is 3.04. The largest absolute Gasteiger partial charge is 0.0776 e. The van der Waals surface area contributed by atoms with E-state index in [-0.39, 0.29) is 0 Å². The molecule has 0 spiro atoms. The van der Waals surface area contributed by atoms with Gasteiger partial charge >= 0.3 is 0 Å². The van der Waals surface area contributed by atoms with Crippen molar-refractivity contribution in [3.8, 4) is 0 Å². The maximum atomic E-state index is 2.40. The zero-order valence-corrected chi connectivity index (χ0v) is 16.8. The molecule has 0 N–H and O–H groups in total. The number of hydrogen-bond donors (Lipinski definition) is 0. The predicted molar refractivity (Wildman–Crippen MR) is 108 cm³/mol. The summed E-state index contributed by atoms with van der Waals surface area (Å²) >= 11 is 0. The first-order chi connectivity index (χ1) is 10.2. The average molecular weight is 325 g/mol. The third-order valence-electron chi connectivity index (χ3n) is 3.97. The quantitative estimate of drug-likeness (QED) is 0.551. The van der Waals surface area contributed by atoms with Crippen molar-refractivity contribution in [1.82, 2.24) is 0 Å². The molecule has 0 aliphatic carbocycles. The van der Waals surface area contributed by atoms with Crippen LogP contribution in [-0.2, 0) is 0 Å². The highest BCUT2D eigenvalue weighted by Crippen LogP contribution is 2.11. The van der Waals surface area contributed by atoms with Crippen LogP contribution in [0.5, 0.6) is 0 Å². The highest BCUT2D eigenvalue weighted by Gasteiger charge is 2.16. The van der Waals surface area contributed by atoms with Crippen LogP contribution >= 0.6 is 0 Å². The van der Waals surface area contributed by atoms with Gasteiger partial charge in [-0.25, -0.2) is 0 Å². The summed E-state index contributed by atoms with van der Waals surface area (Å²) in [4.78, 5) is 0. The summed E-state index contributed by atoms with van der Waals surface area (Å²) < 4.78 is 0. The van der Waals surface area contributed by atoms with Gasteiger partial charge in [0.15, 0.2) is 0 Å². The molecule has 0 atom stereocenters. The lowest BCUT2D eigenvalue weighted by atomic mass is 10.1. The molecule has 2 aromatic rings. The minimum absolute atomic E-state index is 1.24. The molecule has 22 heavy (non-hydrogen) atoms. The molecule has 2 rings (SSSR count). The topological polar surface area (TPSA) is 0 Å². The fourth-order valence-corrected chi connectivity index (χ4v) is 4.80. The van der Waals surface area contributed by atoms with E-state index >= 15 is 0 Å². The van der Waals surface area contributed by atoms with Crippen molar-refractivity contribution in [3.05, 3.63) is 59.7 Å². The number of benzene rings is 2. The fraction of sp³-hybridized carbons (Fsp3) is 0.300. The summed E-state index contributed by atoms with van der Waals surface area (Å²) in [5.74, 6) is 0. The van der Waals surface area contributed by atoms with Crippen molar-refractivity contribution in [1.29, 1.82) is 0 Å².